The number of halogens is 2. The van der Waals surface area contributed by atoms with Gasteiger partial charge < -0.3 is 4.74 Å². The third-order valence-electron chi connectivity index (χ3n) is 2.40. The molecule has 1 rings (SSSR count). The first-order valence-electron chi connectivity index (χ1n) is 5.17. The fourth-order valence-corrected chi connectivity index (χ4v) is 0.993. The average molecular weight is 229 g/mol. The maximum absolute atomic E-state index is 13.5. The molecule has 0 spiro atoms. The number of alkyl halides is 2. The minimum Gasteiger partial charge on any atom is -0.371 e. The van der Waals surface area contributed by atoms with Crippen LogP contribution in [-0.4, -0.2) is 17.5 Å². The molecule has 90 valence electrons. The van der Waals surface area contributed by atoms with Crippen molar-refractivity contribution in [3.8, 4) is 0 Å². The van der Waals surface area contributed by atoms with Crippen molar-refractivity contribution in [3.05, 3.63) is 30.1 Å². The van der Waals surface area contributed by atoms with E-state index in [4.69, 9.17) is 4.74 Å². The van der Waals surface area contributed by atoms with Gasteiger partial charge in [0.15, 0.2) is 0 Å². The lowest BCUT2D eigenvalue weighted by Gasteiger charge is -2.29. The fraction of sp³-hybridized carbons (Fsp3) is 0.583. The summed E-state index contributed by atoms with van der Waals surface area (Å²) in [5.74, 6) is -2.82. The number of nitrogens with zero attached hydrogens (tertiary/aromatic N) is 1. The second kappa shape index (κ2) is 4.87. The van der Waals surface area contributed by atoms with E-state index in [9.17, 15) is 8.78 Å². The second-order valence-electron chi connectivity index (χ2n) is 4.80. The molecular weight excluding hydrogens is 212 g/mol. The van der Waals surface area contributed by atoms with Crippen molar-refractivity contribution in [1.82, 2.24) is 4.98 Å². The van der Waals surface area contributed by atoms with E-state index in [-0.39, 0.29) is 6.61 Å². The summed E-state index contributed by atoms with van der Waals surface area (Å²) in [5, 5.41) is 0. The zero-order valence-electron chi connectivity index (χ0n) is 9.84. The summed E-state index contributed by atoms with van der Waals surface area (Å²) in [7, 11) is 0. The largest absolute Gasteiger partial charge is 0.371 e. The number of hydrogen-bond donors (Lipinski definition) is 0. The monoisotopic (exact) mass is 229 g/mol. The van der Waals surface area contributed by atoms with Crippen molar-refractivity contribution in [2.45, 2.75) is 33.3 Å². The molecule has 2 nitrogen and oxygen atoms in total. The van der Waals surface area contributed by atoms with Crippen LogP contribution in [0.1, 0.15) is 26.3 Å². The minimum absolute atomic E-state index is 0.189. The molecule has 1 heterocycles. The van der Waals surface area contributed by atoms with Gasteiger partial charge in [-0.2, -0.15) is 0 Å². The molecule has 1 aromatic heterocycles. The van der Waals surface area contributed by atoms with E-state index in [2.05, 4.69) is 4.98 Å². The molecule has 0 fully saturated rings. The molecule has 0 aliphatic rings. The Morgan fingerprint density at radius 2 is 1.75 bits per heavy atom. The molecule has 4 heteroatoms. The van der Waals surface area contributed by atoms with Crippen molar-refractivity contribution in [1.29, 1.82) is 0 Å². The van der Waals surface area contributed by atoms with E-state index >= 15 is 0 Å². The lowest BCUT2D eigenvalue weighted by Crippen LogP contribution is -2.38. The van der Waals surface area contributed by atoms with Gasteiger partial charge in [0, 0.05) is 17.8 Å². The van der Waals surface area contributed by atoms with Gasteiger partial charge in [-0.3, -0.25) is 4.98 Å². The van der Waals surface area contributed by atoms with E-state index in [1.54, 1.807) is 24.5 Å². The zero-order chi connectivity index (χ0) is 12.2. The summed E-state index contributed by atoms with van der Waals surface area (Å²) in [6.07, 6.45) is 3.22. The number of aromatic nitrogens is 1. The van der Waals surface area contributed by atoms with Crippen LogP contribution in [0.2, 0.25) is 0 Å². The highest BCUT2D eigenvalue weighted by Gasteiger charge is 2.43. The highest BCUT2D eigenvalue weighted by molar-refractivity contribution is 5.07. The number of ether oxygens (including phenoxy) is 1. The minimum atomic E-state index is -2.82. The molecule has 0 atom stereocenters. The molecule has 0 N–H and O–H groups in total. The van der Waals surface area contributed by atoms with Crippen LogP contribution >= 0.6 is 0 Å². The van der Waals surface area contributed by atoms with E-state index in [0.29, 0.717) is 0 Å². The number of pyridine rings is 1. The van der Waals surface area contributed by atoms with Crippen molar-refractivity contribution in [2.75, 3.05) is 6.61 Å². The van der Waals surface area contributed by atoms with Crippen LogP contribution in [0.15, 0.2) is 24.5 Å². The number of hydrogen-bond acceptors (Lipinski definition) is 2. The number of rotatable bonds is 4. The van der Waals surface area contributed by atoms with Crippen LogP contribution in [0.4, 0.5) is 8.78 Å². The van der Waals surface area contributed by atoms with Crippen LogP contribution in [0.3, 0.4) is 0 Å². The average Bonchev–Trinajstić information content (AvgIpc) is 2.17. The fourth-order valence-electron chi connectivity index (χ4n) is 0.993. The first-order valence-corrected chi connectivity index (χ1v) is 5.17. The van der Waals surface area contributed by atoms with Gasteiger partial charge in [-0.05, 0) is 17.7 Å². The van der Waals surface area contributed by atoms with E-state index in [0.717, 1.165) is 5.56 Å². The predicted octanol–water partition coefficient (Wildman–Crippen LogP) is 3.28. The lowest BCUT2D eigenvalue weighted by atomic mass is 9.88. The summed E-state index contributed by atoms with van der Waals surface area (Å²) in [6, 6.07) is 3.49. The Hall–Kier alpha value is -1.03. The summed E-state index contributed by atoms with van der Waals surface area (Å²) in [6.45, 7) is 4.14. The van der Waals surface area contributed by atoms with Gasteiger partial charge in [-0.1, -0.05) is 20.8 Å². The Labute approximate surface area is 94.7 Å². The van der Waals surface area contributed by atoms with Crippen LogP contribution in [0.25, 0.3) is 0 Å². The third kappa shape index (κ3) is 3.52. The van der Waals surface area contributed by atoms with Gasteiger partial charge in [0.1, 0.15) is 6.61 Å². The van der Waals surface area contributed by atoms with Gasteiger partial charge >= 0.3 is 0 Å². The second-order valence-corrected chi connectivity index (χ2v) is 4.80. The quantitative estimate of drug-likeness (QED) is 0.790. The maximum Gasteiger partial charge on any atom is 0.275 e. The molecule has 0 aliphatic heterocycles. The van der Waals surface area contributed by atoms with Crippen molar-refractivity contribution in [3.63, 3.8) is 0 Å². The Morgan fingerprint density at radius 1 is 1.19 bits per heavy atom. The van der Waals surface area contributed by atoms with Gasteiger partial charge in [0.2, 0.25) is 0 Å². The zero-order valence-corrected chi connectivity index (χ0v) is 9.84. The molecule has 0 aromatic carbocycles. The summed E-state index contributed by atoms with van der Waals surface area (Å²) in [4.78, 5) is 3.84. The van der Waals surface area contributed by atoms with Gasteiger partial charge in [0.25, 0.3) is 5.92 Å². The summed E-state index contributed by atoms with van der Waals surface area (Å²) in [5.41, 5.74) is -0.231. The first-order chi connectivity index (χ1) is 7.33. The Morgan fingerprint density at radius 3 is 2.25 bits per heavy atom. The Bertz CT molecular complexity index is 320. The molecule has 0 radical (unpaired) electrons. The molecule has 0 saturated heterocycles. The predicted molar refractivity (Wildman–Crippen MR) is 58.3 cm³/mol. The first kappa shape index (κ1) is 13.0. The normalized spacial score (nSPS) is 12.8. The molecule has 0 unspecified atom stereocenters. The van der Waals surface area contributed by atoms with Crippen LogP contribution < -0.4 is 0 Å². The molecule has 0 amide bonds. The summed E-state index contributed by atoms with van der Waals surface area (Å²) >= 11 is 0. The van der Waals surface area contributed by atoms with E-state index in [1.165, 1.54) is 20.8 Å². The van der Waals surface area contributed by atoms with Crippen LogP contribution in [0, 0.1) is 5.41 Å². The molecular formula is C12H17F2NO. The molecule has 0 aliphatic carbocycles. The smallest absolute Gasteiger partial charge is 0.275 e. The van der Waals surface area contributed by atoms with E-state index < -0.39 is 17.9 Å². The molecule has 16 heavy (non-hydrogen) atoms. The van der Waals surface area contributed by atoms with Gasteiger partial charge in [-0.15, -0.1) is 0 Å². The van der Waals surface area contributed by atoms with Gasteiger partial charge in [0.05, 0.1) is 6.61 Å². The Kier molecular flexibility index (Phi) is 3.97. The summed E-state index contributed by atoms with van der Waals surface area (Å²) < 4.78 is 32.0. The topological polar surface area (TPSA) is 22.1 Å². The van der Waals surface area contributed by atoms with Crippen LogP contribution in [-0.2, 0) is 11.3 Å². The Balaban J connectivity index is 2.42. The van der Waals surface area contributed by atoms with Gasteiger partial charge in [-0.25, -0.2) is 8.78 Å². The van der Waals surface area contributed by atoms with Crippen molar-refractivity contribution >= 4 is 0 Å². The van der Waals surface area contributed by atoms with Crippen LogP contribution in [0.5, 0.6) is 0 Å². The molecule has 0 bridgehead atoms. The molecule has 1 aromatic rings. The standard InChI is InChI=1S/C12H17F2NO/c1-11(2,3)12(13,14)9-16-8-10-4-6-15-7-5-10/h4-7H,8-9H2,1-3H3. The van der Waals surface area contributed by atoms with E-state index in [1.807, 2.05) is 0 Å². The maximum atomic E-state index is 13.5. The third-order valence-corrected chi connectivity index (χ3v) is 2.40. The SMILES string of the molecule is CC(C)(C)C(F)(F)COCc1ccncc1. The lowest BCUT2D eigenvalue weighted by molar-refractivity contribution is -0.149. The van der Waals surface area contributed by atoms with Crippen molar-refractivity contribution < 1.29 is 13.5 Å². The molecule has 0 saturated carbocycles. The highest BCUT2D eigenvalue weighted by atomic mass is 19.3. The van der Waals surface area contributed by atoms with Crippen molar-refractivity contribution in [2.24, 2.45) is 5.41 Å². The highest BCUT2D eigenvalue weighted by Crippen LogP contribution is 2.35.